The number of para-hydroxylation sites is 1. The number of hydrogen-bond acceptors (Lipinski definition) is 3. The van der Waals surface area contributed by atoms with Crippen LogP contribution in [0.25, 0.3) is 10.9 Å². The summed E-state index contributed by atoms with van der Waals surface area (Å²) in [5.41, 5.74) is 5.57. The number of benzene rings is 3. The average Bonchev–Trinajstić information content (AvgIpc) is 3.30. The van der Waals surface area contributed by atoms with E-state index in [2.05, 4.69) is 35.4 Å². The lowest BCUT2D eigenvalue weighted by Gasteiger charge is -2.19. The summed E-state index contributed by atoms with van der Waals surface area (Å²) in [7, 11) is 3.25. The van der Waals surface area contributed by atoms with Gasteiger partial charge in [-0.15, -0.1) is 0 Å². The van der Waals surface area contributed by atoms with Crippen LogP contribution in [0.2, 0.25) is 0 Å². The number of carbonyl (C=O) groups excluding carboxylic acids is 1. The molecule has 1 atom stereocenters. The molecule has 0 radical (unpaired) electrons. The summed E-state index contributed by atoms with van der Waals surface area (Å²) in [6, 6.07) is 22.2. The lowest BCUT2D eigenvalue weighted by molar-refractivity contribution is -0.121. The number of H-pyrrole nitrogens is 1. The van der Waals surface area contributed by atoms with Crippen molar-refractivity contribution in [3.05, 3.63) is 95.2 Å². The van der Waals surface area contributed by atoms with Gasteiger partial charge in [0.2, 0.25) is 5.91 Å². The third-order valence-electron chi connectivity index (χ3n) is 6.12. The average molecular weight is 443 g/mol. The Morgan fingerprint density at radius 3 is 2.48 bits per heavy atom. The molecule has 0 aliphatic heterocycles. The van der Waals surface area contributed by atoms with Crippen LogP contribution in [0.3, 0.4) is 0 Å². The van der Waals surface area contributed by atoms with E-state index in [0.717, 1.165) is 34.0 Å². The lowest BCUT2D eigenvalue weighted by Crippen LogP contribution is -2.25. The predicted octanol–water partition coefficient (Wildman–Crippen LogP) is 5.59. The van der Waals surface area contributed by atoms with Crippen LogP contribution >= 0.6 is 0 Å². The molecule has 33 heavy (non-hydrogen) atoms. The number of ether oxygens (including phenoxy) is 2. The summed E-state index contributed by atoms with van der Waals surface area (Å²) >= 11 is 0. The van der Waals surface area contributed by atoms with Crippen molar-refractivity contribution in [3.8, 4) is 11.5 Å². The topological polar surface area (TPSA) is 63.4 Å². The zero-order valence-corrected chi connectivity index (χ0v) is 19.4. The van der Waals surface area contributed by atoms with E-state index in [1.807, 2.05) is 54.7 Å². The first kappa shape index (κ1) is 22.5. The fourth-order valence-electron chi connectivity index (χ4n) is 4.35. The van der Waals surface area contributed by atoms with Crippen LogP contribution in [0.15, 0.2) is 72.9 Å². The van der Waals surface area contributed by atoms with Gasteiger partial charge < -0.3 is 19.8 Å². The van der Waals surface area contributed by atoms with Crippen LogP contribution in [-0.4, -0.2) is 25.1 Å². The number of hydrogen-bond donors (Lipinski definition) is 2. The Bertz CT molecular complexity index is 1230. The summed E-state index contributed by atoms with van der Waals surface area (Å²) in [6.07, 6.45) is 3.30. The molecular formula is C28H30N2O3. The van der Waals surface area contributed by atoms with Crippen molar-refractivity contribution in [3.63, 3.8) is 0 Å². The third kappa shape index (κ3) is 4.87. The minimum absolute atomic E-state index is 0.000339. The quantitative estimate of drug-likeness (QED) is 0.355. The summed E-state index contributed by atoms with van der Waals surface area (Å²) in [6.45, 7) is 2.66. The van der Waals surface area contributed by atoms with Gasteiger partial charge in [0.25, 0.3) is 0 Å². The van der Waals surface area contributed by atoms with Gasteiger partial charge in [-0.3, -0.25) is 4.79 Å². The van der Waals surface area contributed by atoms with E-state index in [4.69, 9.17) is 9.47 Å². The van der Waals surface area contributed by atoms with Gasteiger partial charge in [0.05, 0.1) is 14.2 Å². The van der Waals surface area contributed by atoms with Gasteiger partial charge >= 0.3 is 0 Å². The van der Waals surface area contributed by atoms with Crippen LogP contribution in [0.5, 0.6) is 11.5 Å². The molecule has 0 aliphatic rings. The van der Waals surface area contributed by atoms with Crippen molar-refractivity contribution in [1.82, 2.24) is 10.3 Å². The Labute approximate surface area is 194 Å². The van der Waals surface area contributed by atoms with E-state index >= 15 is 0 Å². The first-order valence-corrected chi connectivity index (χ1v) is 11.3. The minimum Gasteiger partial charge on any atom is -0.493 e. The number of methoxy groups -OCH3 is 2. The molecule has 5 heteroatoms. The molecule has 0 aliphatic carbocycles. The van der Waals surface area contributed by atoms with E-state index in [0.29, 0.717) is 24.5 Å². The Morgan fingerprint density at radius 2 is 1.76 bits per heavy atom. The largest absolute Gasteiger partial charge is 0.493 e. The standard InChI is InChI=1S/C28H30N2O3/c1-4-20-11-8-12-22-24(18-30-28(20)22)23(21-13-14-25(32-2)26(15-21)33-3)16-27(31)29-17-19-9-6-5-7-10-19/h5-15,18,23,30H,4,16-17H2,1-3H3,(H,29,31). The first-order chi connectivity index (χ1) is 16.1. The molecule has 1 aromatic heterocycles. The molecule has 0 bridgehead atoms. The van der Waals surface area contributed by atoms with Crippen LogP contribution in [0.1, 0.15) is 41.5 Å². The molecule has 3 aromatic carbocycles. The summed E-state index contributed by atoms with van der Waals surface area (Å²) in [5.74, 6) is 1.18. The number of aromatic nitrogens is 1. The molecule has 0 fully saturated rings. The van der Waals surface area contributed by atoms with E-state index in [1.54, 1.807) is 14.2 Å². The molecule has 1 amide bonds. The lowest BCUT2D eigenvalue weighted by atomic mass is 9.87. The fraction of sp³-hybridized carbons (Fsp3) is 0.250. The Hall–Kier alpha value is -3.73. The molecule has 0 spiro atoms. The second-order valence-electron chi connectivity index (χ2n) is 8.07. The summed E-state index contributed by atoms with van der Waals surface area (Å²) < 4.78 is 11.0. The molecule has 0 saturated heterocycles. The number of rotatable bonds is 9. The molecule has 0 saturated carbocycles. The molecular weight excluding hydrogens is 412 g/mol. The fourth-order valence-corrected chi connectivity index (χ4v) is 4.35. The van der Waals surface area contributed by atoms with Crippen molar-refractivity contribution in [1.29, 1.82) is 0 Å². The van der Waals surface area contributed by atoms with Crippen molar-refractivity contribution < 1.29 is 14.3 Å². The highest BCUT2D eigenvalue weighted by Crippen LogP contribution is 2.38. The number of amides is 1. The van der Waals surface area contributed by atoms with Crippen LogP contribution in [0.4, 0.5) is 0 Å². The van der Waals surface area contributed by atoms with E-state index in [-0.39, 0.29) is 11.8 Å². The second kappa shape index (κ2) is 10.3. The Morgan fingerprint density at radius 1 is 0.970 bits per heavy atom. The van der Waals surface area contributed by atoms with Gasteiger partial charge in [-0.25, -0.2) is 0 Å². The maximum absolute atomic E-state index is 13.1. The molecule has 4 rings (SSSR count). The number of carbonyl (C=O) groups is 1. The summed E-state index contributed by atoms with van der Waals surface area (Å²) in [5, 5.41) is 4.22. The van der Waals surface area contributed by atoms with Gasteiger partial charge in [-0.05, 0) is 40.8 Å². The normalized spacial score (nSPS) is 11.8. The predicted molar refractivity (Wildman–Crippen MR) is 132 cm³/mol. The van der Waals surface area contributed by atoms with Crippen molar-refractivity contribution in [2.75, 3.05) is 14.2 Å². The number of nitrogens with one attached hydrogen (secondary N) is 2. The number of aryl methyl sites for hydroxylation is 1. The molecule has 2 N–H and O–H groups in total. The van der Waals surface area contributed by atoms with Gasteiger partial charge in [-0.1, -0.05) is 61.5 Å². The van der Waals surface area contributed by atoms with Crippen LogP contribution in [0, 0.1) is 0 Å². The second-order valence-corrected chi connectivity index (χ2v) is 8.07. The highest BCUT2D eigenvalue weighted by atomic mass is 16.5. The first-order valence-electron chi connectivity index (χ1n) is 11.3. The monoisotopic (exact) mass is 442 g/mol. The zero-order valence-electron chi connectivity index (χ0n) is 19.4. The molecule has 4 aromatic rings. The van der Waals surface area contributed by atoms with E-state index < -0.39 is 0 Å². The highest BCUT2D eigenvalue weighted by molar-refractivity contribution is 5.88. The van der Waals surface area contributed by atoms with Crippen LogP contribution < -0.4 is 14.8 Å². The van der Waals surface area contributed by atoms with Gasteiger partial charge in [0.15, 0.2) is 11.5 Å². The molecule has 1 heterocycles. The maximum Gasteiger partial charge on any atom is 0.221 e. The molecule has 1 unspecified atom stereocenters. The van der Waals surface area contributed by atoms with Gasteiger partial charge in [-0.2, -0.15) is 0 Å². The van der Waals surface area contributed by atoms with Gasteiger partial charge in [0.1, 0.15) is 0 Å². The Kier molecular flexibility index (Phi) is 6.98. The van der Waals surface area contributed by atoms with E-state index in [9.17, 15) is 4.79 Å². The van der Waals surface area contributed by atoms with Crippen molar-refractivity contribution >= 4 is 16.8 Å². The SMILES string of the molecule is CCc1cccc2c(C(CC(=O)NCc3ccccc3)c3ccc(OC)c(OC)c3)c[nH]c12. The number of fused-ring (bicyclic) bond motifs is 1. The molecule has 170 valence electrons. The smallest absolute Gasteiger partial charge is 0.221 e. The van der Waals surface area contributed by atoms with E-state index in [1.165, 1.54) is 5.56 Å². The summed E-state index contributed by atoms with van der Waals surface area (Å²) in [4.78, 5) is 16.5. The van der Waals surface area contributed by atoms with Crippen LogP contribution in [-0.2, 0) is 17.8 Å². The highest BCUT2D eigenvalue weighted by Gasteiger charge is 2.23. The third-order valence-corrected chi connectivity index (χ3v) is 6.12. The van der Waals surface area contributed by atoms with Crippen molar-refractivity contribution in [2.45, 2.75) is 32.2 Å². The number of aromatic amines is 1. The zero-order chi connectivity index (χ0) is 23.2. The van der Waals surface area contributed by atoms with Crippen molar-refractivity contribution in [2.24, 2.45) is 0 Å². The van der Waals surface area contributed by atoms with Gasteiger partial charge in [0, 0.05) is 36.0 Å². The minimum atomic E-state index is -0.138. The molecule has 5 nitrogen and oxygen atoms in total. The Balaban J connectivity index is 1.69. The maximum atomic E-state index is 13.1.